The van der Waals surface area contributed by atoms with E-state index in [0.29, 0.717) is 11.1 Å². The first-order valence-electron chi connectivity index (χ1n) is 8.47. The quantitative estimate of drug-likeness (QED) is 0.661. The van der Waals surface area contributed by atoms with Gasteiger partial charge < -0.3 is 5.32 Å². The predicted molar refractivity (Wildman–Crippen MR) is 109 cm³/mol. The van der Waals surface area contributed by atoms with Crippen molar-refractivity contribution >= 4 is 48.3 Å². The largest absolute Gasteiger partial charge is 0.348 e. The van der Waals surface area contributed by atoms with Gasteiger partial charge in [0, 0.05) is 9.86 Å². The number of benzene rings is 3. The molecule has 1 aliphatic heterocycles. The lowest BCUT2D eigenvalue weighted by molar-refractivity contribution is -0.120. The van der Waals surface area contributed by atoms with Crippen molar-refractivity contribution in [2.45, 2.75) is 17.9 Å². The van der Waals surface area contributed by atoms with Gasteiger partial charge in [-0.3, -0.25) is 9.10 Å². The van der Waals surface area contributed by atoms with Crippen LogP contribution in [0.15, 0.2) is 70.0 Å². The Morgan fingerprint density at radius 1 is 1.07 bits per heavy atom. The van der Waals surface area contributed by atoms with Crippen molar-refractivity contribution in [3.05, 3.63) is 70.7 Å². The van der Waals surface area contributed by atoms with Gasteiger partial charge in [0.1, 0.15) is 6.54 Å². The highest BCUT2D eigenvalue weighted by Gasteiger charge is 2.36. The molecule has 1 N–H and O–H groups in total. The number of carbonyl (C=O) groups is 1. The summed E-state index contributed by atoms with van der Waals surface area (Å²) in [6.45, 7) is 1.62. The molecule has 1 unspecified atom stereocenters. The summed E-state index contributed by atoms with van der Waals surface area (Å²) in [6, 6.07) is 18.0. The molecule has 138 valence electrons. The molecule has 0 spiro atoms. The number of sulfonamides is 1. The summed E-state index contributed by atoms with van der Waals surface area (Å²) in [5.41, 5.74) is 1.50. The van der Waals surface area contributed by atoms with E-state index in [4.69, 9.17) is 0 Å². The zero-order chi connectivity index (χ0) is 19.2. The second kappa shape index (κ2) is 6.65. The number of amides is 1. The number of anilines is 1. The molecule has 0 radical (unpaired) electrons. The molecule has 3 aromatic carbocycles. The first-order valence-corrected chi connectivity index (χ1v) is 10.7. The molecule has 0 aliphatic carbocycles. The van der Waals surface area contributed by atoms with Gasteiger partial charge >= 0.3 is 0 Å². The lowest BCUT2D eigenvalue weighted by atomic mass is 10.1. The number of hydrogen-bond acceptors (Lipinski definition) is 3. The molecule has 4 rings (SSSR count). The average molecular weight is 445 g/mol. The van der Waals surface area contributed by atoms with Crippen LogP contribution < -0.4 is 9.62 Å². The predicted octanol–water partition coefficient (Wildman–Crippen LogP) is 3.99. The Balaban J connectivity index is 1.59. The summed E-state index contributed by atoms with van der Waals surface area (Å²) >= 11 is 3.38. The third kappa shape index (κ3) is 3.11. The van der Waals surface area contributed by atoms with Gasteiger partial charge in [0.05, 0.1) is 16.6 Å². The van der Waals surface area contributed by atoms with Crippen molar-refractivity contribution in [3.8, 4) is 0 Å². The molecular weight excluding hydrogens is 428 g/mol. The van der Waals surface area contributed by atoms with Gasteiger partial charge in [0.2, 0.25) is 5.91 Å². The van der Waals surface area contributed by atoms with Gasteiger partial charge in [0.15, 0.2) is 0 Å². The molecule has 1 amide bonds. The molecule has 0 saturated heterocycles. The summed E-state index contributed by atoms with van der Waals surface area (Å²) in [6.07, 6.45) is 0. The van der Waals surface area contributed by atoms with Crippen LogP contribution in [0.4, 0.5) is 5.69 Å². The van der Waals surface area contributed by atoms with Crippen molar-refractivity contribution < 1.29 is 13.2 Å². The number of carbonyl (C=O) groups excluding carboxylic acids is 1. The monoisotopic (exact) mass is 444 g/mol. The Kier molecular flexibility index (Phi) is 4.44. The molecule has 1 atom stereocenters. The number of nitrogens with zero attached hydrogens (tertiary/aromatic N) is 1. The van der Waals surface area contributed by atoms with Crippen molar-refractivity contribution in [1.82, 2.24) is 5.32 Å². The maximum absolute atomic E-state index is 12.9. The second-order valence-corrected chi connectivity index (χ2v) is 9.23. The van der Waals surface area contributed by atoms with Crippen LogP contribution in [-0.4, -0.2) is 20.9 Å². The number of hydrogen-bond donors (Lipinski definition) is 1. The topological polar surface area (TPSA) is 66.5 Å². The maximum atomic E-state index is 12.9. The van der Waals surface area contributed by atoms with E-state index in [1.54, 1.807) is 24.3 Å². The summed E-state index contributed by atoms with van der Waals surface area (Å²) in [4.78, 5) is 12.8. The van der Waals surface area contributed by atoms with E-state index in [2.05, 4.69) is 21.2 Å². The van der Waals surface area contributed by atoms with E-state index >= 15 is 0 Å². The third-order valence-electron chi connectivity index (χ3n) is 4.72. The van der Waals surface area contributed by atoms with E-state index in [0.717, 1.165) is 15.4 Å². The molecule has 1 heterocycles. The standard InChI is InChI=1S/C20H17BrN2O3S/c1-13(14-8-10-16(21)11-9-14)22-19(24)12-23-17-6-2-4-15-5-3-7-18(20(15)17)27(23,25)26/h2-11,13H,12H2,1H3,(H,22,24). The number of nitrogens with one attached hydrogen (secondary N) is 1. The maximum Gasteiger partial charge on any atom is 0.265 e. The van der Waals surface area contributed by atoms with Crippen LogP contribution in [0.2, 0.25) is 0 Å². The Bertz CT molecular complexity index is 1140. The van der Waals surface area contributed by atoms with Gasteiger partial charge in [-0.15, -0.1) is 0 Å². The average Bonchev–Trinajstić information content (AvgIpc) is 2.86. The first kappa shape index (κ1) is 18.0. The van der Waals surface area contributed by atoms with Crippen molar-refractivity contribution in [1.29, 1.82) is 0 Å². The van der Waals surface area contributed by atoms with Crippen LogP contribution in [0, 0.1) is 0 Å². The lowest BCUT2D eigenvalue weighted by Crippen LogP contribution is -2.39. The summed E-state index contributed by atoms with van der Waals surface area (Å²) < 4.78 is 28.0. The third-order valence-corrected chi connectivity index (χ3v) is 7.05. The highest BCUT2D eigenvalue weighted by molar-refractivity contribution is 9.10. The Labute approximate surface area is 166 Å². The first-order chi connectivity index (χ1) is 12.9. The molecule has 0 aromatic heterocycles. The minimum absolute atomic E-state index is 0.228. The molecule has 27 heavy (non-hydrogen) atoms. The van der Waals surface area contributed by atoms with E-state index in [-0.39, 0.29) is 23.4 Å². The lowest BCUT2D eigenvalue weighted by Gasteiger charge is -2.20. The zero-order valence-electron chi connectivity index (χ0n) is 14.5. The van der Waals surface area contributed by atoms with Crippen LogP contribution in [0.3, 0.4) is 0 Å². The fraction of sp³-hybridized carbons (Fsp3) is 0.150. The SMILES string of the molecule is CC(NC(=O)CN1c2cccc3cccc(c23)S1(=O)=O)c1ccc(Br)cc1. The van der Waals surface area contributed by atoms with Gasteiger partial charge in [0.25, 0.3) is 10.0 Å². The molecule has 0 saturated carbocycles. The molecule has 7 heteroatoms. The summed E-state index contributed by atoms with van der Waals surface area (Å²) in [5, 5.41) is 4.40. The zero-order valence-corrected chi connectivity index (χ0v) is 16.9. The molecule has 0 fully saturated rings. The number of halogens is 1. The van der Waals surface area contributed by atoms with E-state index in [9.17, 15) is 13.2 Å². The van der Waals surface area contributed by atoms with Gasteiger partial charge in [-0.05, 0) is 42.1 Å². The molecule has 1 aliphatic rings. The van der Waals surface area contributed by atoms with Crippen LogP contribution in [0.5, 0.6) is 0 Å². The molecule has 3 aromatic rings. The van der Waals surface area contributed by atoms with E-state index < -0.39 is 10.0 Å². The van der Waals surface area contributed by atoms with Gasteiger partial charge in [-0.1, -0.05) is 52.3 Å². The fourth-order valence-electron chi connectivity index (χ4n) is 3.38. The normalized spacial score (nSPS) is 15.7. The highest BCUT2D eigenvalue weighted by atomic mass is 79.9. The Morgan fingerprint density at radius 2 is 1.74 bits per heavy atom. The van der Waals surface area contributed by atoms with E-state index in [1.807, 2.05) is 43.3 Å². The van der Waals surface area contributed by atoms with Gasteiger partial charge in [-0.2, -0.15) is 0 Å². The van der Waals surface area contributed by atoms with E-state index in [1.165, 1.54) is 4.31 Å². The van der Waals surface area contributed by atoms with Crippen molar-refractivity contribution in [3.63, 3.8) is 0 Å². The smallest absolute Gasteiger partial charge is 0.265 e. The van der Waals surface area contributed by atoms with Crippen LogP contribution >= 0.6 is 15.9 Å². The van der Waals surface area contributed by atoms with Crippen molar-refractivity contribution in [2.24, 2.45) is 0 Å². The Hall–Kier alpha value is -2.38. The highest BCUT2D eigenvalue weighted by Crippen LogP contribution is 2.41. The molecule has 0 bridgehead atoms. The molecular formula is C20H17BrN2O3S. The summed E-state index contributed by atoms with van der Waals surface area (Å²) in [5.74, 6) is -0.348. The van der Waals surface area contributed by atoms with Crippen LogP contribution in [-0.2, 0) is 14.8 Å². The van der Waals surface area contributed by atoms with Crippen LogP contribution in [0.1, 0.15) is 18.5 Å². The number of rotatable bonds is 4. The minimum Gasteiger partial charge on any atom is -0.348 e. The summed E-state index contributed by atoms with van der Waals surface area (Å²) in [7, 11) is -3.73. The fourth-order valence-corrected chi connectivity index (χ4v) is 5.31. The van der Waals surface area contributed by atoms with Crippen molar-refractivity contribution in [2.75, 3.05) is 10.8 Å². The van der Waals surface area contributed by atoms with Gasteiger partial charge in [-0.25, -0.2) is 8.42 Å². The molecule has 5 nitrogen and oxygen atoms in total. The second-order valence-electron chi connectivity index (χ2n) is 6.48. The van der Waals surface area contributed by atoms with Crippen LogP contribution in [0.25, 0.3) is 10.8 Å². The Morgan fingerprint density at radius 3 is 2.44 bits per heavy atom. The minimum atomic E-state index is -3.73.